The lowest BCUT2D eigenvalue weighted by Crippen LogP contribution is -2.39. The van der Waals surface area contributed by atoms with Gasteiger partial charge in [-0.25, -0.2) is 0 Å². The fourth-order valence-electron chi connectivity index (χ4n) is 3.60. The first-order valence-electron chi connectivity index (χ1n) is 9.92. The minimum Gasteiger partial charge on any atom is -0.454 e. The van der Waals surface area contributed by atoms with Crippen molar-refractivity contribution in [2.75, 3.05) is 46.2 Å². The van der Waals surface area contributed by atoms with Gasteiger partial charge in [-0.2, -0.15) is 0 Å². The number of carbonyl (C=O) groups is 1. The van der Waals surface area contributed by atoms with Gasteiger partial charge < -0.3 is 19.1 Å². The largest absolute Gasteiger partial charge is 0.454 e. The molecule has 0 saturated carbocycles. The van der Waals surface area contributed by atoms with Crippen molar-refractivity contribution >= 4 is 21.8 Å². The smallest absolute Gasteiger partial charge is 0.254 e. The summed E-state index contributed by atoms with van der Waals surface area (Å²) in [6.45, 7) is 5.95. The summed E-state index contributed by atoms with van der Waals surface area (Å²) >= 11 is 3.43. The van der Waals surface area contributed by atoms with Gasteiger partial charge in [0, 0.05) is 42.8 Å². The highest BCUT2D eigenvalue weighted by atomic mass is 79.9. The molecule has 6 nitrogen and oxygen atoms in total. The van der Waals surface area contributed by atoms with Crippen molar-refractivity contribution in [1.82, 2.24) is 9.80 Å². The van der Waals surface area contributed by atoms with Crippen LogP contribution in [0.2, 0.25) is 0 Å². The Morgan fingerprint density at radius 2 is 1.79 bits per heavy atom. The van der Waals surface area contributed by atoms with E-state index in [1.807, 2.05) is 47.4 Å². The molecule has 0 radical (unpaired) electrons. The molecule has 2 heterocycles. The average Bonchev–Trinajstić information content (AvgIpc) is 3.22. The van der Waals surface area contributed by atoms with Crippen LogP contribution in [0.1, 0.15) is 22.3 Å². The molecule has 2 aromatic rings. The van der Waals surface area contributed by atoms with Gasteiger partial charge in [0.05, 0.1) is 13.2 Å². The molecule has 1 saturated heterocycles. The quantitative estimate of drug-likeness (QED) is 0.632. The average molecular weight is 461 g/mol. The summed E-state index contributed by atoms with van der Waals surface area (Å²) in [5, 5.41) is 0. The van der Waals surface area contributed by atoms with E-state index < -0.39 is 0 Å². The molecule has 2 aromatic carbocycles. The molecule has 0 N–H and O–H groups in total. The van der Waals surface area contributed by atoms with E-state index in [0.29, 0.717) is 18.7 Å². The fraction of sp³-hybridized carbons (Fsp3) is 0.409. The van der Waals surface area contributed by atoms with Gasteiger partial charge in [0.1, 0.15) is 0 Å². The summed E-state index contributed by atoms with van der Waals surface area (Å²) < 4.78 is 17.3. The highest BCUT2D eigenvalue weighted by molar-refractivity contribution is 9.10. The van der Waals surface area contributed by atoms with Crippen molar-refractivity contribution in [1.29, 1.82) is 0 Å². The van der Waals surface area contributed by atoms with E-state index in [4.69, 9.17) is 14.2 Å². The standard InChI is InChI=1S/C22H25BrN2O4/c23-19-5-3-18(4-6-19)22(26)25(9-1-8-24-10-12-27-13-11-24)15-17-2-7-20-21(14-17)29-16-28-20/h2-7,14H,1,8-13,15-16H2. The zero-order valence-electron chi connectivity index (χ0n) is 16.3. The van der Waals surface area contributed by atoms with Gasteiger partial charge in [-0.05, 0) is 48.4 Å². The molecule has 2 aliphatic heterocycles. The van der Waals surface area contributed by atoms with Gasteiger partial charge in [-0.1, -0.05) is 22.0 Å². The van der Waals surface area contributed by atoms with Gasteiger partial charge in [0.15, 0.2) is 11.5 Å². The Balaban J connectivity index is 1.45. The predicted octanol–water partition coefficient (Wildman–Crippen LogP) is 3.54. The molecule has 0 atom stereocenters. The highest BCUT2D eigenvalue weighted by Crippen LogP contribution is 2.33. The van der Waals surface area contributed by atoms with Crippen LogP contribution < -0.4 is 9.47 Å². The van der Waals surface area contributed by atoms with Crippen molar-refractivity contribution in [3.63, 3.8) is 0 Å². The van der Waals surface area contributed by atoms with E-state index in [0.717, 1.165) is 60.8 Å². The third kappa shape index (κ3) is 5.29. The molecule has 0 aliphatic carbocycles. The van der Waals surface area contributed by atoms with Crippen LogP contribution in [0.25, 0.3) is 0 Å². The first-order chi connectivity index (χ1) is 14.2. The second-order valence-corrected chi connectivity index (χ2v) is 8.14. The third-order valence-electron chi connectivity index (χ3n) is 5.19. The van der Waals surface area contributed by atoms with Gasteiger partial charge >= 0.3 is 0 Å². The molecule has 0 bridgehead atoms. The summed E-state index contributed by atoms with van der Waals surface area (Å²) in [7, 11) is 0. The maximum absolute atomic E-state index is 13.2. The second kappa shape index (κ2) is 9.61. The molecule has 29 heavy (non-hydrogen) atoms. The Morgan fingerprint density at radius 1 is 1.03 bits per heavy atom. The summed E-state index contributed by atoms with van der Waals surface area (Å²) in [5.41, 5.74) is 1.73. The van der Waals surface area contributed by atoms with Crippen molar-refractivity contribution in [3.8, 4) is 11.5 Å². The van der Waals surface area contributed by atoms with Crippen LogP contribution in [-0.2, 0) is 11.3 Å². The Morgan fingerprint density at radius 3 is 2.59 bits per heavy atom. The molecule has 1 amide bonds. The SMILES string of the molecule is O=C(c1ccc(Br)cc1)N(CCCN1CCOCC1)Cc1ccc2c(c1)OCO2. The number of ether oxygens (including phenoxy) is 3. The number of hydrogen-bond acceptors (Lipinski definition) is 5. The Labute approximate surface area is 179 Å². The Bertz CT molecular complexity index is 837. The van der Waals surface area contributed by atoms with Gasteiger partial charge in [0.25, 0.3) is 5.91 Å². The molecule has 2 aliphatic rings. The number of hydrogen-bond donors (Lipinski definition) is 0. The molecule has 0 spiro atoms. The lowest BCUT2D eigenvalue weighted by molar-refractivity contribution is 0.0355. The topological polar surface area (TPSA) is 51.2 Å². The number of benzene rings is 2. The number of carbonyl (C=O) groups excluding carboxylic acids is 1. The molecule has 0 aromatic heterocycles. The summed E-state index contributed by atoms with van der Waals surface area (Å²) in [5.74, 6) is 1.54. The second-order valence-electron chi connectivity index (χ2n) is 7.23. The molecule has 7 heteroatoms. The number of amides is 1. The Hall–Kier alpha value is -2.09. The lowest BCUT2D eigenvalue weighted by atomic mass is 10.1. The van der Waals surface area contributed by atoms with E-state index >= 15 is 0 Å². The number of nitrogens with zero attached hydrogens (tertiary/aromatic N) is 2. The first kappa shape index (κ1) is 20.2. The van der Waals surface area contributed by atoms with Crippen molar-refractivity contribution in [2.24, 2.45) is 0 Å². The van der Waals surface area contributed by atoms with Crippen LogP contribution in [-0.4, -0.2) is 61.9 Å². The molecule has 154 valence electrons. The fourth-order valence-corrected chi connectivity index (χ4v) is 3.86. The Kier molecular flexibility index (Phi) is 6.69. The van der Waals surface area contributed by atoms with Crippen molar-refractivity contribution < 1.29 is 19.0 Å². The van der Waals surface area contributed by atoms with Crippen molar-refractivity contribution in [3.05, 3.63) is 58.1 Å². The molecular formula is C22H25BrN2O4. The number of rotatable bonds is 7. The van der Waals surface area contributed by atoms with Crippen molar-refractivity contribution in [2.45, 2.75) is 13.0 Å². The number of halogens is 1. The van der Waals surface area contributed by atoms with E-state index in [1.165, 1.54) is 0 Å². The zero-order valence-corrected chi connectivity index (χ0v) is 17.9. The predicted molar refractivity (Wildman–Crippen MR) is 113 cm³/mol. The maximum Gasteiger partial charge on any atom is 0.254 e. The molecular weight excluding hydrogens is 436 g/mol. The van der Waals surface area contributed by atoms with Gasteiger partial charge in [-0.15, -0.1) is 0 Å². The minimum atomic E-state index is 0.0390. The van der Waals surface area contributed by atoms with E-state index in [9.17, 15) is 4.79 Å². The summed E-state index contributed by atoms with van der Waals surface area (Å²) in [6, 6.07) is 13.4. The first-order valence-corrected chi connectivity index (χ1v) is 10.7. The zero-order chi connectivity index (χ0) is 20.1. The molecule has 4 rings (SSSR count). The van der Waals surface area contributed by atoms with E-state index in [-0.39, 0.29) is 12.7 Å². The van der Waals surface area contributed by atoms with Gasteiger partial charge in [-0.3, -0.25) is 9.69 Å². The molecule has 0 unspecified atom stereocenters. The summed E-state index contributed by atoms with van der Waals surface area (Å²) in [4.78, 5) is 17.5. The van der Waals surface area contributed by atoms with Crippen LogP contribution in [0.4, 0.5) is 0 Å². The monoisotopic (exact) mass is 460 g/mol. The van der Waals surface area contributed by atoms with Gasteiger partial charge in [0.2, 0.25) is 6.79 Å². The summed E-state index contributed by atoms with van der Waals surface area (Å²) in [6.07, 6.45) is 0.923. The lowest BCUT2D eigenvalue weighted by Gasteiger charge is -2.28. The maximum atomic E-state index is 13.2. The van der Waals surface area contributed by atoms with E-state index in [2.05, 4.69) is 20.8 Å². The van der Waals surface area contributed by atoms with E-state index in [1.54, 1.807) is 0 Å². The highest BCUT2D eigenvalue weighted by Gasteiger charge is 2.19. The van der Waals surface area contributed by atoms with Crippen LogP contribution >= 0.6 is 15.9 Å². The van der Waals surface area contributed by atoms with Crippen LogP contribution in [0.5, 0.6) is 11.5 Å². The van der Waals surface area contributed by atoms with Crippen LogP contribution in [0.3, 0.4) is 0 Å². The number of fused-ring (bicyclic) bond motifs is 1. The van der Waals surface area contributed by atoms with Crippen LogP contribution in [0, 0.1) is 0 Å². The van der Waals surface area contributed by atoms with Crippen LogP contribution in [0.15, 0.2) is 46.9 Å². The minimum absolute atomic E-state index is 0.0390. The number of morpholine rings is 1. The third-order valence-corrected chi connectivity index (χ3v) is 5.72. The molecule has 1 fully saturated rings. The normalized spacial score (nSPS) is 16.0.